The second-order valence-electron chi connectivity index (χ2n) is 4.31. The molecule has 4 N–H and O–H groups in total. The van der Waals surface area contributed by atoms with E-state index in [1.165, 1.54) is 0 Å². The maximum absolute atomic E-state index is 8.70. The van der Waals surface area contributed by atoms with Gasteiger partial charge in [-0.2, -0.15) is 0 Å². The Kier molecular flexibility index (Phi) is 4.36. The van der Waals surface area contributed by atoms with Gasteiger partial charge in [-0.3, -0.25) is 4.98 Å². The summed E-state index contributed by atoms with van der Waals surface area (Å²) in [5, 5.41) is 13.0. The number of hydrogen-bond acceptors (Lipinski definition) is 4. The lowest BCUT2D eigenvalue weighted by Crippen LogP contribution is -2.05. The molecule has 0 bridgehead atoms. The van der Waals surface area contributed by atoms with Crippen molar-refractivity contribution in [2.75, 3.05) is 24.2 Å². The number of unbranched alkanes of at least 4 members (excludes halogenated alkanes) is 2. The molecule has 0 atom stereocenters. The van der Waals surface area contributed by atoms with Gasteiger partial charge in [0.15, 0.2) is 0 Å². The SMILES string of the molecule is Nc1c(NCCCCCO)ccc2ncccc12. The van der Waals surface area contributed by atoms with Crippen molar-refractivity contribution >= 4 is 22.3 Å². The fourth-order valence-corrected chi connectivity index (χ4v) is 1.97. The van der Waals surface area contributed by atoms with Gasteiger partial charge in [0, 0.05) is 24.7 Å². The third kappa shape index (κ3) is 2.90. The van der Waals surface area contributed by atoms with Crippen molar-refractivity contribution in [2.24, 2.45) is 0 Å². The maximum Gasteiger partial charge on any atom is 0.0724 e. The molecule has 2 aromatic rings. The highest BCUT2D eigenvalue weighted by atomic mass is 16.2. The molecule has 1 heterocycles. The van der Waals surface area contributed by atoms with Gasteiger partial charge in [0.05, 0.1) is 16.9 Å². The summed E-state index contributed by atoms with van der Waals surface area (Å²) in [6.07, 6.45) is 4.69. The molecule has 4 heteroatoms. The molecule has 0 radical (unpaired) electrons. The number of nitrogens with two attached hydrogens (primary N) is 1. The molecule has 1 aromatic carbocycles. The number of hydrogen-bond donors (Lipinski definition) is 3. The van der Waals surface area contributed by atoms with Crippen molar-refractivity contribution in [1.29, 1.82) is 0 Å². The Morgan fingerprint density at radius 1 is 1.17 bits per heavy atom. The van der Waals surface area contributed by atoms with E-state index in [-0.39, 0.29) is 6.61 Å². The number of benzene rings is 1. The van der Waals surface area contributed by atoms with E-state index in [1.807, 2.05) is 24.3 Å². The summed E-state index contributed by atoms with van der Waals surface area (Å²) in [6.45, 7) is 1.14. The van der Waals surface area contributed by atoms with Gasteiger partial charge in [0.1, 0.15) is 0 Å². The monoisotopic (exact) mass is 245 g/mol. The number of nitrogens with one attached hydrogen (secondary N) is 1. The Balaban J connectivity index is 2.03. The lowest BCUT2D eigenvalue weighted by atomic mass is 10.1. The number of aliphatic hydroxyl groups is 1. The lowest BCUT2D eigenvalue weighted by molar-refractivity contribution is 0.283. The van der Waals surface area contributed by atoms with E-state index >= 15 is 0 Å². The normalized spacial score (nSPS) is 10.7. The molecule has 0 amide bonds. The summed E-state index contributed by atoms with van der Waals surface area (Å²) in [4.78, 5) is 4.27. The van der Waals surface area contributed by atoms with E-state index in [1.54, 1.807) is 6.20 Å². The van der Waals surface area contributed by atoms with Crippen LogP contribution in [0.4, 0.5) is 11.4 Å². The highest BCUT2D eigenvalue weighted by Crippen LogP contribution is 2.27. The van der Waals surface area contributed by atoms with E-state index in [0.717, 1.165) is 48.1 Å². The zero-order valence-electron chi connectivity index (χ0n) is 10.4. The van der Waals surface area contributed by atoms with Crippen molar-refractivity contribution in [3.63, 3.8) is 0 Å². The summed E-state index contributed by atoms with van der Waals surface area (Å²) in [7, 11) is 0. The van der Waals surface area contributed by atoms with E-state index in [4.69, 9.17) is 10.8 Å². The third-order valence-corrected chi connectivity index (χ3v) is 2.98. The van der Waals surface area contributed by atoms with Crippen LogP contribution < -0.4 is 11.1 Å². The number of fused-ring (bicyclic) bond motifs is 1. The van der Waals surface area contributed by atoms with Gasteiger partial charge in [-0.1, -0.05) is 0 Å². The first-order chi connectivity index (χ1) is 8.83. The van der Waals surface area contributed by atoms with Gasteiger partial charge < -0.3 is 16.2 Å². The first-order valence-electron chi connectivity index (χ1n) is 6.31. The second kappa shape index (κ2) is 6.21. The Bertz CT molecular complexity index is 513. The summed E-state index contributed by atoms with van der Waals surface area (Å²) >= 11 is 0. The van der Waals surface area contributed by atoms with Crippen molar-refractivity contribution in [3.05, 3.63) is 30.5 Å². The average molecular weight is 245 g/mol. The van der Waals surface area contributed by atoms with Gasteiger partial charge in [-0.05, 0) is 43.5 Å². The molecule has 1 aromatic heterocycles. The number of nitrogens with zero attached hydrogens (tertiary/aromatic N) is 1. The highest BCUT2D eigenvalue weighted by molar-refractivity contribution is 5.96. The molecular weight excluding hydrogens is 226 g/mol. The van der Waals surface area contributed by atoms with Crippen LogP contribution in [0.25, 0.3) is 10.9 Å². The lowest BCUT2D eigenvalue weighted by Gasteiger charge is -2.11. The largest absolute Gasteiger partial charge is 0.397 e. The number of anilines is 2. The molecule has 96 valence electrons. The molecule has 2 rings (SSSR count). The van der Waals surface area contributed by atoms with Crippen LogP contribution >= 0.6 is 0 Å². The molecule has 4 nitrogen and oxygen atoms in total. The van der Waals surface area contributed by atoms with Crippen LogP contribution in [-0.4, -0.2) is 23.2 Å². The standard InChI is InChI=1S/C14H19N3O/c15-14-11-5-4-9-16-12(11)6-7-13(14)17-8-2-1-3-10-18/h4-7,9,17-18H,1-3,8,10,15H2. The van der Waals surface area contributed by atoms with E-state index in [9.17, 15) is 0 Å². The Morgan fingerprint density at radius 3 is 2.89 bits per heavy atom. The molecule has 18 heavy (non-hydrogen) atoms. The van der Waals surface area contributed by atoms with Crippen molar-refractivity contribution in [1.82, 2.24) is 4.98 Å². The molecule has 0 spiro atoms. The van der Waals surface area contributed by atoms with E-state index in [0.29, 0.717) is 0 Å². The molecule has 0 aliphatic rings. The first kappa shape index (κ1) is 12.6. The predicted molar refractivity (Wildman–Crippen MR) is 75.6 cm³/mol. The summed E-state index contributed by atoms with van der Waals surface area (Å²) in [6, 6.07) is 7.82. The van der Waals surface area contributed by atoms with Crippen molar-refractivity contribution in [3.8, 4) is 0 Å². The zero-order chi connectivity index (χ0) is 12.8. The fourth-order valence-electron chi connectivity index (χ4n) is 1.97. The van der Waals surface area contributed by atoms with Crippen LogP contribution in [0.1, 0.15) is 19.3 Å². The van der Waals surface area contributed by atoms with E-state index < -0.39 is 0 Å². The smallest absolute Gasteiger partial charge is 0.0724 e. The summed E-state index contributed by atoms with van der Waals surface area (Å²) in [5.74, 6) is 0. The second-order valence-corrected chi connectivity index (χ2v) is 4.31. The average Bonchev–Trinajstić information content (AvgIpc) is 2.41. The fraction of sp³-hybridized carbons (Fsp3) is 0.357. The molecule has 0 aliphatic heterocycles. The number of nitrogen functional groups attached to an aromatic ring is 1. The molecule has 0 unspecified atom stereocenters. The van der Waals surface area contributed by atoms with Crippen LogP contribution in [0, 0.1) is 0 Å². The maximum atomic E-state index is 8.70. The molecule has 0 saturated carbocycles. The topological polar surface area (TPSA) is 71.2 Å². The molecular formula is C14H19N3O. The molecule has 0 fully saturated rings. The van der Waals surface area contributed by atoms with Crippen LogP contribution in [0.2, 0.25) is 0 Å². The number of rotatable bonds is 6. The number of aliphatic hydroxyl groups excluding tert-OH is 1. The Labute approximate surface area is 107 Å². The predicted octanol–water partition coefficient (Wildman–Crippen LogP) is 2.39. The van der Waals surface area contributed by atoms with Crippen LogP contribution in [-0.2, 0) is 0 Å². The zero-order valence-corrected chi connectivity index (χ0v) is 10.4. The third-order valence-electron chi connectivity index (χ3n) is 2.98. The minimum Gasteiger partial charge on any atom is -0.397 e. The quantitative estimate of drug-likeness (QED) is 0.540. The highest BCUT2D eigenvalue weighted by Gasteiger charge is 2.03. The van der Waals surface area contributed by atoms with Gasteiger partial charge in [-0.25, -0.2) is 0 Å². The van der Waals surface area contributed by atoms with Crippen LogP contribution in [0.15, 0.2) is 30.5 Å². The van der Waals surface area contributed by atoms with E-state index in [2.05, 4.69) is 10.3 Å². The van der Waals surface area contributed by atoms with Gasteiger partial charge >= 0.3 is 0 Å². The summed E-state index contributed by atoms with van der Waals surface area (Å²) in [5.41, 5.74) is 8.75. The number of aromatic nitrogens is 1. The number of pyridine rings is 1. The molecule has 0 saturated heterocycles. The Morgan fingerprint density at radius 2 is 2.06 bits per heavy atom. The minimum absolute atomic E-state index is 0.268. The van der Waals surface area contributed by atoms with Gasteiger partial charge in [-0.15, -0.1) is 0 Å². The van der Waals surface area contributed by atoms with Crippen molar-refractivity contribution < 1.29 is 5.11 Å². The van der Waals surface area contributed by atoms with Crippen LogP contribution in [0.5, 0.6) is 0 Å². The Hall–Kier alpha value is -1.81. The van der Waals surface area contributed by atoms with Crippen molar-refractivity contribution in [2.45, 2.75) is 19.3 Å². The summed E-state index contributed by atoms with van der Waals surface area (Å²) < 4.78 is 0. The molecule has 0 aliphatic carbocycles. The van der Waals surface area contributed by atoms with Gasteiger partial charge in [0.2, 0.25) is 0 Å². The van der Waals surface area contributed by atoms with Crippen LogP contribution in [0.3, 0.4) is 0 Å². The van der Waals surface area contributed by atoms with Gasteiger partial charge in [0.25, 0.3) is 0 Å². The minimum atomic E-state index is 0.268. The first-order valence-corrected chi connectivity index (χ1v) is 6.31.